The molecule has 6 heteroatoms. The molecule has 0 saturated carbocycles. The first-order valence-corrected chi connectivity index (χ1v) is 8.86. The number of ether oxygens (including phenoxy) is 2. The Labute approximate surface area is 154 Å². The van der Waals surface area contributed by atoms with Crippen molar-refractivity contribution >= 4 is 11.7 Å². The molecule has 0 unspecified atom stereocenters. The smallest absolute Gasteiger partial charge is 0.255 e. The molecular weight excluding hydrogens is 330 g/mol. The van der Waals surface area contributed by atoms with Crippen molar-refractivity contribution in [1.29, 1.82) is 0 Å². The minimum atomic E-state index is -0.172. The maximum absolute atomic E-state index is 12.8. The Morgan fingerprint density at radius 3 is 2.58 bits per heavy atom. The van der Waals surface area contributed by atoms with Gasteiger partial charge in [-0.2, -0.15) is 0 Å². The van der Waals surface area contributed by atoms with Gasteiger partial charge in [-0.15, -0.1) is 0 Å². The molecule has 2 aromatic rings. The number of nitrogens with zero attached hydrogens (tertiary/aromatic N) is 2. The van der Waals surface area contributed by atoms with E-state index in [1.165, 1.54) is 0 Å². The van der Waals surface area contributed by atoms with Gasteiger partial charge < -0.3 is 19.7 Å². The van der Waals surface area contributed by atoms with E-state index in [4.69, 9.17) is 9.47 Å². The van der Waals surface area contributed by atoms with E-state index in [0.29, 0.717) is 17.1 Å². The highest BCUT2D eigenvalue weighted by Gasteiger charge is 2.22. The lowest BCUT2D eigenvalue weighted by Crippen LogP contribution is -2.30. The van der Waals surface area contributed by atoms with Crippen molar-refractivity contribution in [2.45, 2.75) is 25.8 Å². The van der Waals surface area contributed by atoms with E-state index in [-0.39, 0.29) is 11.9 Å². The fraction of sp³-hybridized carbons (Fsp3) is 0.400. The molecule has 138 valence electrons. The molecular formula is C20H25N3O3. The number of pyridine rings is 1. The van der Waals surface area contributed by atoms with Gasteiger partial charge in [0.05, 0.1) is 25.8 Å². The maximum Gasteiger partial charge on any atom is 0.255 e. The first kappa shape index (κ1) is 18.0. The Hall–Kier alpha value is -2.76. The Bertz CT molecular complexity index is 773. The topological polar surface area (TPSA) is 63.7 Å². The zero-order valence-corrected chi connectivity index (χ0v) is 15.5. The molecule has 1 aliphatic rings. The third-order valence-corrected chi connectivity index (χ3v) is 4.69. The van der Waals surface area contributed by atoms with E-state index in [0.717, 1.165) is 37.3 Å². The van der Waals surface area contributed by atoms with Gasteiger partial charge in [0, 0.05) is 19.3 Å². The molecule has 0 radical (unpaired) electrons. The molecule has 1 fully saturated rings. The van der Waals surface area contributed by atoms with E-state index in [1.807, 2.05) is 31.2 Å². The number of carbonyl (C=O) groups is 1. The summed E-state index contributed by atoms with van der Waals surface area (Å²) < 4.78 is 10.6. The van der Waals surface area contributed by atoms with Gasteiger partial charge in [-0.05, 0) is 49.6 Å². The monoisotopic (exact) mass is 355 g/mol. The van der Waals surface area contributed by atoms with Crippen LogP contribution < -0.4 is 19.7 Å². The van der Waals surface area contributed by atoms with Crippen molar-refractivity contribution in [2.75, 3.05) is 32.2 Å². The Balaban J connectivity index is 1.78. The largest absolute Gasteiger partial charge is 0.493 e. The summed E-state index contributed by atoms with van der Waals surface area (Å²) in [4.78, 5) is 19.5. The second-order valence-electron chi connectivity index (χ2n) is 6.38. The van der Waals surface area contributed by atoms with Crippen LogP contribution in [0.15, 0.2) is 36.5 Å². The third-order valence-electron chi connectivity index (χ3n) is 4.69. The number of aromatic nitrogens is 1. The van der Waals surface area contributed by atoms with Crippen molar-refractivity contribution in [2.24, 2.45) is 0 Å². The zero-order chi connectivity index (χ0) is 18.5. The molecule has 1 aliphatic heterocycles. The predicted molar refractivity (Wildman–Crippen MR) is 101 cm³/mol. The van der Waals surface area contributed by atoms with Crippen LogP contribution in [-0.2, 0) is 0 Å². The van der Waals surface area contributed by atoms with E-state index >= 15 is 0 Å². The standard InChI is InChI=1S/C20H25N3O3/c1-14(15-8-9-17(25-2)18(13-15)26-3)22-20(24)16-7-6-10-21-19(16)23-11-4-5-12-23/h6-10,13-14H,4-5,11-12H2,1-3H3,(H,22,24)/t14-/m0/s1. The average Bonchev–Trinajstić information content (AvgIpc) is 3.22. The van der Waals surface area contributed by atoms with Crippen LogP contribution in [-0.4, -0.2) is 38.2 Å². The summed E-state index contributed by atoms with van der Waals surface area (Å²) in [6, 6.07) is 9.11. The maximum atomic E-state index is 12.8. The van der Waals surface area contributed by atoms with Gasteiger partial charge in [0.25, 0.3) is 5.91 Å². The lowest BCUT2D eigenvalue weighted by atomic mass is 10.1. The number of nitrogens with one attached hydrogen (secondary N) is 1. The van der Waals surface area contributed by atoms with E-state index < -0.39 is 0 Å². The van der Waals surface area contributed by atoms with Gasteiger partial charge in [-0.3, -0.25) is 4.79 Å². The van der Waals surface area contributed by atoms with Crippen molar-refractivity contribution < 1.29 is 14.3 Å². The zero-order valence-electron chi connectivity index (χ0n) is 15.5. The van der Waals surface area contributed by atoms with Gasteiger partial charge in [-0.1, -0.05) is 6.07 Å². The number of amides is 1. The lowest BCUT2D eigenvalue weighted by molar-refractivity contribution is 0.0940. The molecule has 0 bridgehead atoms. The van der Waals surface area contributed by atoms with E-state index in [1.54, 1.807) is 26.5 Å². The number of methoxy groups -OCH3 is 2. The van der Waals surface area contributed by atoms with Gasteiger partial charge in [0.2, 0.25) is 0 Å². The van der Waals surface area contributed by atoms with Crippen LogP contribution in [0.2, 0.25) is 0 Å². The first-order chi connectivity index (χ1) is 12.6. The molecule has 2 heterocycles. The van der Waals surface area contributed by atoms with Crippen LogP contribution in [0.5, 0.6) is 11.5 Å². The molecule has 1 N–H and O–H groups in total. The van der Waals surface area contributed by atoms with Crippen molar-refractivity contribution in [3.05, 3.63) is 47.7 Å². The molecule has 3 rings (SSSR count). The number of hydrogen-bond donors (Lipinski definition) is 1. The fourth-order valence-electron chi connectivity index (χ4n) is 3.24. The first-order valence-electron chi connectivity index (χ1n) is 8.86. The molecule has 1 saturated heterocycles. The SMILES string of the molecule is COc1ccc([C@H](C)NC(=O)c2cccnc2N2CCCC2)cc1OC. The van der Waals surface area contributed by atoms with Crippen molar-refractivity contribution in [1.82, 2.24) is 10.3 Å². The number of carbonyl (C=O) groups excluding carboxylic acids is 1. The number of anilines is 1. The highest BCUT2D eigenvalue weighted by atomic mass is 16.5. The molecule has 0 spiro atoms. The van der Waals surface area contributed by atoms with E-state index in [9.17, 15) is 4.79 Å². The van der Waals surface area contributed by atoms with Crippen LogP contribution >= 0.6 is 0 Å². The average molecular weight is 355 g/mol. The molecule has 0 aliphatic carbocycles. The van der Waals surface area contributed by atoms with Gasteiger partial charge >= 0.3 is 0 Å². The van der Waals surface area contributed by atoms with Crippen molar-refractivity contribution in [3.63, 3.8) is 0 Å². The quantitative estimate of drug-likeness (QED) is 0.862. The molecule has 26 heavy (non-hydrogen) atoms. The summed E-state index contributed by atoms with van der Waals surface area (Å²) in [5.41, 5.74) is 1.56. The van der Waals surface area contributed by atoms with E-state index in [2.05, 4.69) is 15.2 Å². The van der Waals surface area contributed by atoms with Crippen LogP contribution in [0.4, 0.5) is 5.82 Å². The Kier molecular flexibility index (Phi) is 5.61. The predicted octanol–water partition coefficient (Wildman–Crippen LogP) is 3.19. The minimum absolute atomic E-state index is 0.123. The summed E-state index contributed by atoms with van der Waals surface area (Å²) in [6.45, 7) is 3.84. The molecule has 1 amide bonds. The normalized spacial score (nSPS) is 14.8. The molecule has 1 atom stereocenters. The number of rotatable bonds is 6. The molecule has 1 aromatic heterocycles. The molecule has 1 aromatic carbocycles. The highest BCUT2D eigenvalue weighted by molar-refractivity contribution is 5.99. The fourth-order valence-corrected chi connectivity index (χ4v) is 3.24. The summed E-state index contributed by atoms with van der Waals surface area (Å²) in [5, 5.41) is 3.06. The third kappa shape index (κ3) is 3.74. The van der Waals surface area contributed by atoms with Gasteiger partial charge in [-0.25, -0.2) is 4.98 Å². The van der Waals surface area contributed by atoms with Crippen LogP contribution in [0.25, 0.3) is 0 Å². The van der Waals surface area contributed by atoms with Gasteiger partial charge in [0.1, 0.15) is 5.82 Å². The van der Waals surface area contributed by atoms with Crippen LogP contribution in [0.1, 0.15) is 41.7 Å². The minimum Gasteiger partial charge on any atom is -0.493 e. The van der Waals surface area contributed by atoms with Crippen LogP contribution in [0.3, 0.4) is 0 Å². The highest BCUT2D eigenvalue weighted by Crippen LogP contribution is 2.30. The second kappa shape index (κ2) is 8.08. The summed E-state index contributed by atoms with van der Waals surface area (Å²) in [7, 11) is 3.20. The Morgan fingerprint density at radius 2 is 1.88 bits per heavy atom. The van der Waals surface area contributed by atoms with Crippen LogP contribution in [0, 0.1) is 0 Å². The van der Waals surface area contributed by atoms with Crippen molar-refractivity contribution in [3.8, 4) is 11.5 Å². The summed E-state index contributed by atoms with van der Waals surface area (Å²) >= 11 is 0. The second-order valence-corrected chi connectivity index (χ2v) is 6.38. The number of benzene rings is 1. The Morgan fingerprint density at radius 1 is 1.15 bits per heavy atom. The summed E-state index contributed by atoms with van der Waals surface area (Å²) in [5.74, 6) is 1.95. The lowest BCUT2D eigenvalue weighted by Gasteiger charge is -2.21. The molecule has 6 nitrogen and oxygen atoms in total. The van der Waals surface area contributed by atoms with Gasteiger partial charge in [0.15, 0.2) is 11.5 Å². The summed E-state index contributed by atoms with van der Waals surface area (Å²) in [6.07, 6.45) is 4.02. The number of hydrogen-bond acceptors (Lipinski definition) is 5.